The molecule has 0 fully saturated rings. The molecule has 0 radical (unpaired) electrons. The predicted octanol–water partition coefficient (Wildman–Crippen LogP) is 11.6. The maximum absolute atomic E-state index is 14.1. The normalized spacial score (nSPS) is 16.8. The van der Waals surface area contributed by atoms with Crippen LogP contribution in [0, 0.1) is 74.5 Å². The number of nitrogens with zero attached hydrogens (tertiary/aromatic N) is 12. The molecule has 10 aromatic rings. The van der Waals surface area contributed by atoms with Crippen molar-refractivity contribution in [2.24, 2.45) is 10.3 Å². The summed E-state index contributed by atoms with van der Waals surface area (Å²) in [6, 6.07) is 24.2. The van der Waals surface area contributed by atoms with E-state index in [1.54, 1.807) is 76.2 Å². The molecule has 1 N–H and O–H groups in total. The van der Waals surface area contributed by atoms with Crippen LogP contribution in [0.4, 0.5) is 38.9 Å². The number of pyridine rings is 4. The Hall–Kier alpha value is -15.7. The summed E-state index contributed by atoms with van der Waals surface area (Å²) >= 11 is 0. The van der Waals surface area contributed by atoms with Crippen LogP contribution in [0.25, 0.3) is 66.8 Å². The van der Waals surface area contributed by atoms with Gasteiger partial charge in [-0.05, 0) is 126 Å². The summed E-state index contributed by atoms with van der Waals surface area (Å²) in [6.45, 7) is 10.8. The molecule has 4 aliphatic heterocycles. The van der Waals surface area contributed by atoms with Gasteiger partial charge in [-0.3, -0.25) is 70.3 Å². The molecular weight excluding hydrogens is 1550 g/mol. The van der Waals surface area contributed by atoms with Crippen LogP contribution in [0.15, 0.2) is 129 Å². The molecule has 0 amide bonds. The molecule has 598 valence electrons. The van der Waals surface area contributed by atoms with Gasteiger partial charge in [0.2, 0.25) is 23.9 Å². The van der Waals surface area contributed by atoms with Crippen molar-refractivity contribution in [1.82, 2.24) is 19.1 Å². The van der Waals surface area contributed by atoms with Crippen molar-refractivity contribution in [3.05, 3.63) is 257 Å². The molecule has 4 aromatic heterocycles. The van der Waals surface area contributed by atoms with Crippen LogP contribution in [0.3, 0.4) is 0 Å². The number of hydrogen-bond acceptors (Lipinski definition) is 32. The summed E-state index contributed by atoms with van der Waals surface area (Å²) in [5, 5.41) is 90.6. The zero-order chi connectivity index (χ0) is 84.5. The van der Waals surface area contributed by atoms with Gasteiger partial charge in [0.15, 0.2) is 0 Å². The maximum atomic E-state index is 14.1. The largest absolute Gasteiger partial charge is 0.514 e. The molecule has 0 unspecified atom stereocenters. The Morgan fingerprint density at radius 2 is 0.992 bits per heavy atom. The van der Waals surface area contributed by atoms with Gasteiger partial charge in [0.05, 0.1) is 111 Å². The number of fused-ring (bicyclic) bond motifs is 16. The molecule has 118 heavy (non-hydrogen) atoms. The average Bonchev–Trinajstić information content (AvgIpc) is 1.56. The minimum atomic E-state index is -2.14. The second kappa shape index (κ2) is 28.5. The van der Waals surface area contributed by atoms with E-state index in [2.05, 4.69) is 10.3 Å². The third-order valence-corrected chi connectivity index (χ3v) is 20.6. The molecule has 40 nitrogen and oxygen atoms in total. The molecule has 3 atom stereocenters. The minimum Gasteiger partial charge on any atom is -0.508 e. The number of non-ortho nitro benzene ring substituents is 4. The number of nitro groups is 6. The average molecular weight is 1610 g/mol. The summed E-state index contributed by atoms with van der Waals surface area (Å²) in [6.07, 6.45) is -2.88. The van der Waals surface area contributed by atoms with E-state index < -0.39 is 148 Å². The quantitative estimate of drug-likeness (QED) is 0.0291. The van der Waals surface area contributed by atoms with Gasteiger partial charge in [0, 0.05) is 103 Å². The van der Waals surface area contributed by atoms with Crippen molar-refractivity contribution in [2.45, 2.75) is 117 Å². The number of nitro benzene ring substituents is 6. The third-order valence-electron chi connectivity index (χ3n) is 20.6. The van der Waals surface area contributed by atoms with Crippen LogP contribution >= 0.6 is 0 Å². The van der Waals surface area contributed by atoms with Crippen LogP contribution in [0.1, 0.15) is 121 Å². The van der Waals surface area contributed by atoms with Gasteiger partial charge in [-0.1, -0.05) is 24.2 Å². The van der Waals surface area contributed by atoms with E-state index in [1.165, 1.54) is 61.1 Å². The first-order valence-corrected chi connectivity index (χ1v) is 35.7. The van der Waals surface area contributed by atoms with Crippen LogP contribution in [-0.2, 0) is 90.0 Å². The van der Waals surface area contributed by atoms with Crippen molar-refractivity contribution in [3.8, 4) is 56.5 Å². The highest BCUT2D eigenvalue weighted by atomic mass is 16.7. The summed E-state index contributed by atoms with van der Waals surface area (Å²) in [7, 11) is 0. The lowest BCUT2D eigenvalue weighted by molar-refractivity contribution is -0.394. The zero-order valence-corrected chi connectivity index (χ0v) is 62.8. The lowest BCUT2D eigenvalue weighted by Gasteiger charge is -2.36. The first-order chi connectivity index (χ1) is 55.9. The molecule has 0 spiro atoms. The van der Waals surface area contributed by atoms with Crippen LogP contribution in [0.5, 0.6) is 11.5 Å². The van der Waals surface area contributed by atoms with E-state index in [1.807, 2.05) is 0 Å². The Morgan fingerprint density at radius 1 is 0.559 bits per heavy atom. The Morgan fingerprint density at radius 3 is 1.44 bits per heavy atom. The number of carbonyl (C=O) groups is 5. The Labute approximate surface area is 658 Å². The lowest BCUT2D eigenvalue weighted by Crippen LogP contribution is -2.48. The number of esters is 4. The second-order valence-electron chi connectivity index (χ2n) is 28.9. The number of rotatable bonds is 17. The number of hydrogen-bond donors (Lipinski definition) is 1. The number of aryl methyl sites for hydroxylation is 2. The first kappa shape index (κ1) is 77.6. The Kier molecular flexibility index (Phi) is 18.7. The molecule has 0 saturated carbocycles. The predicted molar refractivity (Wildman–Crippen MR) is 406 cm³/mol. The number of ether oxygens (including phenoxy) is 6. The van der Waals surface area contributed by atoms with Crippen molar-refractivity contribution in [2.75, 3.05) is 6.61 Å². The molecule has 0 bridgehead atoms. The Balaban J connectivity index is 0.000000185. The molecule has 16 rings (SSSR count). The smallest absolute Gasteiger partial charge is 0.508 e. The SMILES string of the molecule is CC[C@@]1(OC(=O)CO/N=C2\c3cc([N+](=O)[O-])cc(C)c3-c3c2cc([N+](=O)[O-])cc3[N+](=O)[O-])C(=O)OCc2c1cc1n(c2=O)Cc2cc3cc(OC(=O)OC(C)(C)C)ccc3nc2-1.CC[C@@]1(OC(=O)[C@H](C)O/N=C2\c3cc([N+](=O)[O-])cc(C)c3-c3c2cc([N+](=O)[O-])cc3[N+](=O)[O-])C(=O)OCc2c1cc1n(c2=O)Cc2cc3cc(O)ccc3nc2-1. The number of aromatic nitrogens is 4. The minimum absolute atomic E-state index is 0.0153. The first-order valence-electron chi connectivity index (χ1n) is 35.7. The Bertz CT molecular complexity index is 6540. The van der Waals surface area contributed by atoms with Gasteiger partial charge in [-0.15, -0.1) is 0 Å². The number of oxime groups is 2. The van der Waals surface area contributed by atoms with Gasteiger partial charge in [-0.25, -0.2) is 33.9 Å². The monoisotopic (exact) mass is 1610 g/mol. The molecule has 6 aliphatic rings. The van der Waals surface area contributed by atoms with Crippen LogP contribution < -0.4 is 15.9 Å². The van der Waals surface area contributed by atoms with Crippen LogP contribution in [-0.4, -0.2) is 114 Å². The summed E-state index contributed by atoms with van der Waals surface area (Å²) in [5.74, 6) is -3.99. The van der Waals surface area contributed by atoms with Crippen LogP contribution in [0.2, 0.25) is 0 Å². The maximum Gasteiger partial charge on any atom is 0.514 e. The highest BCUT2D eigenvalue weighted by Gasteiger charge is 2.53. The summed E-state index contributed by atoms with van der Waals surface area (Å²) < 4.78 is 36.0. The fourth-order valence-electron chi connectivity index (χ4n) is 15.4. The number of carbonyl (C=O) groups excluding carboxylic acids is 5. The molecule has 6 aromatic carbocycles. The third kappa shape index (κ3) is 13.0. The molecule has 0 saturated heterocycles. The van der Waals surface area contributed by atoms with Gasteiger partial charge in [-0.2, -0.15) is 0 Å². The number of cyclic esters (lactones) is 2. The van der Waals surface area contributed by atoms with E-state index in [0.717, 1.165) is 36.4 Å². The van der Waals surface area contributed by atoms with E-state index in [-0.39, 0.29) is 127 Å². The number of phenolic OH excluding ortho intramolecular Hbond substituents is 1. The van der Waals surface area contributed by atoms with E-state index in [4.69, 9.17) is 48.1 Å². The highest BCUT2D eigenvalue weighted by Crippen LogP contribution is 2.51. The lowest BCUT2D eigenvalue weighted by atomic mass is 9.85. The van der Waals surface area contributed by atoms with Crippen molar-refractivity contribution in [3.63, 3.8) is 0 Å². The topological polar surface area (TPSA) is 533 Å². The number of benzene rings is 6. The molecule has 8 heterocycles. The second-order valence-corrected chi connectivity index (χ2v) is 28.9. The fraction of sp³-hybridized carbons (Fsp3) is 0.244. The fourth-order valence-corrected chi connectivity index (χ4v) is 15.4. The van der Waals surface area contributed by atoms with Gasteiger partial charge in [0.1, 0.15) is 41.7 Å². The van der Waals surface area contributed by atoms with Gasteiger partial charge < -0.3 is 52.3 Å². The van der Waals surface area contributed by atoms with Gasteiger partial charge >= 0.3 is 30.0 Å². The van der Waals surface area contributed by atoms with Crippen molar-refractivity contribution in [1.29, 1.82) is 0 Å². The van der Waals surface area contributed by atoms with Crippen molar-refractivity contribution >= 4 is 97.4 Å². The van der Waals surface area contributed by atoms with Gasteiger partial charge in [0.25, 0.3) is 45.2 Å². The number of phenols is 1. The number of aromatic hydroxyl groups is 1. The summed E-state index contributed by atoms with van der Waals surface area (Å²) in [4.78, 5) is 182. The van der Waals surface area contributed by atoms with E-state index in [0.29, 0.717) is 55.7 Å². The standard InChI is InChI=1S/C41H32N6O15.C37H26N6O13/c1-6-41(61-32(48)18-59-43-36-25-12-22(45(52)53)9-19(2)33(25)34-26(36)13-23(46(54)55)14-30(34)47(56)57)28-15-31-35-21(16-44(31)37(49)27(28)17-58-38(41)50)10-20-11-24(7-8-29(20)42-35)60-39(51)62-40(3,4)5;1-4-37(26-13-29-32-19(8-18-9-22(44)5-6-27(18)38-32)14-40(29)34(45)25(26)15-54-36(37)47)55-35(46)17(3)56-39-33-23-10-20(41(48)49)7-16(2)30(23)31-24(33)11-21(42(50)51)12-28(31)43(52)53/h7-15H,6,16-18H2,1-5H3;5-13,17,44H,4,14-15H2,1-3H3/b43-36+;39-33+/t41-;17-,37-/m00/s1. The van der Waals surface area contributed by atoms with Crippen molar-refractivity contribution < 1.29 is 96.7 Å². The zero-order valence-electron chi connectivity index (χ0n) is 62.8. The molecular formula is C78H58N12O28. The molecule has 40 heteroatoms. The van der Waals surface area contributed by atoms with E-state index in [9.17, 15) is 99.4 Å². The summed E-state index contributed by atoms with van der Waals surface area (Å²) in [5.41, 5.74) is -5.65. The highest BCUT2D eigenvalue weighted by molar-refractivity contribution is 6.28. The van der Waals surface area contributed by atoms with E-state index >= 15 is 0 Å². The molecule has 2 aliphatic carbocycles.